The molecule has 0 amide bonds. The summed E-state index contributed by atoms with van der Waals surface area (Å²) in [6.45, 7) is 5.30. The van der Waals surface area contributed by atoms with Gasteiger partial charge in [-0.3, -0.25) is 4.79 Å². The third-order valence-corrected chi connectivity index (χ3v) is 2.56. The zero-order chi connectivity index (χ0) is 10.2. The van der Waals surface area contributed by atoms with Crippen LogP contribution in [-0.4, -0.2) is 25.2 Å². The molecule has 74 valence electrons. The number of methoxy groups -OCH3 is 1. The van der Waals surface area contributed by atoms with E-state index >= 15 is 0 Å². The van der Waals surface area contributed by atoms with Crippen molar-refractivity contribution in [3.8, 4) is 0 Å². The van der Waals surface area contributed by atoms with Crippen LogP contribution in [0.1, 0.15) is 20.8 Å². The maximum Gasteiger partial charge on any atom is 0.508 e. The molecular formula is C9H14O4. The molecule has 0 bridgehead atoms. The molecule has 0 spiro atoms. The molecule has 0 heterocycles. The van der Waals surface area contributed by atoms with Crippen LogP contribution in [0.5, 0.6) is 0 Å². The van der Waals surface area contributed by atoms with Gasteiger partial charge in [-0.1, -0.05) is 13.8 Å². The Kier molecular flexibility index (Phi) is 2.32. The number of ketones is 1. The molecule has 2 unspecified atom stereocenters. The number of carbonyl (C=O) groups is 2. The van der Waals surface area contributed by atoms with Crippen molar-refractivity contribution in [2.45, 2.75) is 26.9 Å². The minimum absolute atomic E-state index is 0.0545. The van der Waals surface area contributed by atoms with E-state index in [2.05, 4.69) is 4.74 Å². The lowest BCUT2D eigenvalue weighted by Gasteiger charge is -2.02. The van der Waals surface area contributed by atoms with Crippen molar-refractivity contribution >= 4 is 11.9 Å². The molecule has 1 saturated carbocycles. The number of rotatable bonds is 2. The molecule has 0 radical (unpaired) electrons. The lowest BCUT2D eigenvalue weighted by molar-refractivity contribution is -0.119. The first kappa shape index (κ1) is 10.0. The highest BCUT2D eigenvalue weighted by Gasteiger charge is 2.63. The van der Waals surface area contributed by atoms with Crippen LogP contribution in [0.2, 0.25) is 0 Å². The van der Waals surface area contributed by atoms with Gasteiger partial charge in [-0.2, -0.15) is 0 Å². The quantitative estimate of drug-likeness (QED) is 0.611. The van der Waals surface area contributed by atoms with E-state index in [1.165, 1.54) is 14.0 Å². The highest BCUT2D eigenvalue weighted by Crippen LogP contribution is 2.54. The van der Waals surface area contributed by atoms with E-state index in [-0.39, 0.29) is 23.2 Å². The molecule has 0 aromatic carbocycles. The van der Waals surface area contributed by atoms with Gasteiger partial charge in [0.1, 0.15) is 11.9 Å². The SMILES string of the molecule is COC(=O)OC1C(C(C)=O)C1(C)C. The van der Waals surface area contributed by atoms with Crippen molar-refractivity contribution in [1.29, 1.82) is 0 Å². The molecule has 0 N–H and O–H groups in total. The maximum atomic E-state index is 11.1. The molecule has 4 nitrogen and oxygen atoms in total. The number of ether oxygens (including phenoxy) is 2. The number of Topliss-reactive ketones (excluding diaryl/α,β-unsaturated/α-hetero) is 1. The second kappa shape index (κ2) is 3.01. The van der Waals surface area contributed by atoms with E-state index in [0.29, 0.717) is 0 Å². The lowest BCUT2D eigenvalue weighted by Crippen LogP contribution is -2.10. The van der Waals surface area contributed by atoms with Crippen molar-refractivity contribution in [3.05, 3.63) is 0 Å². The van der Waals surface area contributed by atoms with Crippen LogP contribution < -0.4 is 0 Å². The average molecular weight is 186 g/mol. The largest absolute Gasteiger partial charge is 0.508 e. The van der Waals surface area contributed by atoms with Gasteiger partial charge in [0.2, 0.25) is 0 Å². The van der Waals surface area contributed by atoms with E-state index in [1.807, 2.05) is 13.8 Å². The predicted octanol–water partition coefficient (Wildman–Crippen LogP) is 1.38. The topological polar surface area (TPSA) is 52.6 Å². The summed E-state index contributed by atoms with van der Waals surface area (Å²) in [5, 5.41) is 0. The highest BCUT2D eigenvalue weighted by molar-refractivity contribution is 5.84. The Labute approximate surface area is 77.2 Å². The summed E-state index contributed by atoms with van der Waals surface area (Å²) in [7, 11) is 1.25. The summed E-state index contributed by atoms with van der Waals surface area (Å²) in [6.07, 6.45) is -1.04. The molecule has 0 aromatic rings. The normalized spacial score (nSPS) is 29.2. The first-order valence-electron chi connectivity index (χ1n) is 4.16. The molecule has 4 heteroatoms. The standard InChI is InChI=1S/C9H14O4/c1-5(10)6-7(9(6,2)3)13-8(11)12-4/h6-7H,1-4H3. The average Bonchev–Trinajstić information content (AvgIpc) is 2.53. The molecule has 1 aliphatic rings. The molecule has 0 aliphatic heterocycles. The Morgan fingerprint density at radius 1 is 1.31 bits per heavy atom. The Morgan fingerprint density at radius 3 is 2.15 bits per heavy atom. The van der Waals surface area contributed by atoms with Crippen LogP contribution in [0.15, 0.2) is 0 Å². The van der Waals surface area contributed by atoms with Crippen LogP contribution in [0.3, 0.4) is 0 Å². The molecule has 1 fully saturated rings. The molecule has 0 aromatic heterocycles. The molecule has 13 heavy (non-hydrogen) atoms. The van der Waals surface area contributed by atoms with Gasteiger partial charge in [-0.15, -0.1) is 0 Å². The van der Waals surface area contributed by atoms with E-state index in [9.17, 15) is 9.59 Å². The minimum Gasteiger partial charge on any atom is -0.438 e. The summed E-state index contributed by atoms with van der Waals surface area (Å²) in [6, 6.07) is 0. The van der Waals surface area contributed by atoms with Gasteiger partial charge >= 0.3 is 6.16 Å². The van der Waals surface area contributed by atoms with Gasteiger partial charge in [0.25, 0.3) is 0 Å². The zero-order valence-corrected chi connectivity index (χ0v) is 8.29. The number of carbonyl (C=O) groups excluding carboxylic acids is 2. The van der Waals surface area contributed by atoms with Gasteiger partial charge in [0, 0.05) is 5.41 Å². The van der Waals surface area contributed by atoms with Crippen LogP contribution in [0.4, 0.5) is 4.79 Å². The molecule has 1 rings (SSSR count). The van der Waals surface area contributed by atoms with Gasteiger partial charge in [0.15, 0.2) is 0 Å². The van der Waals surface area contributed by atoms with Gasteiger partial charge in [-0.25, -0.2) is 4.79 Å². The van der Waals surface area contributed by atoms with Crippen LogP contribution in [0, 0.1) is 11.3 Å². The summed E-state index contributed by atoms with van der Waals surface area (Å²) in [5.41, 5.74) is -0.236. The third kappa shape index (κ3) is 1.66. The van der Waals surface area contributed by atoms with E-state index in [0.717, 1.165) is 0 Å². The Morgan fingerprint density at radius 2 is 1.85 bits per heavy atom. The molecular weight excluding hydrogens is 172 g/mol. The van der Waals surface area contributed by atoms with E-state index in [1.54, 1.807) is 0 Å². The van der Waals surface area contributed by atoms with Crippen molar-refractivity contribution in [2.75, 3.05) is 7.11 Å². The molecule has 1 aliphatic carbocycles. The zero-order valence-electron chi connectivity index (χ0n) is 8.29. The first-order valence-corrected chi connectivity index (χ1v) is 4.16. The monoisotopic (exact) mass is 186 g/mol. The van der Waals surface area contributed by atoms with Gasteiger partial charge < -0.3 is 9.47 Å². The first-order chi connectivity index (χ1) is 5.91. The second-order valence-electron chi connectivity index (χ2n) is 3.90. The maximum absolute atomic E-state index is 11.1. The third-order valence-electron chi connectivity index (χ3n) is 2.56. The van der Waals surface area contributed by atoms with E-state index < -0.39 is 6.16 Å². The lowest BCUT2D eigenvalue weighted by atomic mass is 10.1. The summed E-state index contributed by atoms with van der Waals surface area (Å²) < 4.78 is 9.27. The minimum atomic E-state index is -0.721. The Hall–Kier alpha value is -1.06. The fourth-order valence-corrected chi connectivity index (χ4v) is 1.70. The summed E-state index contributed by atoms with van der Waals surface area (Å²) in [5.74, 6) is -0.120. The van der Waals surface area contributed by atoms with Crippen LogP contribution in [0.25, 0.3) is 0 Å². The number of hydrogen-bond donors (Lipinski definition) is 0. The molecule has 0 saturated heterocycles. The van der Waals surface area contributed by atoms with Crippen molar-refractivity contribution < 1.29 is 19.1 Å². The van der Waals surface area contributed by atoms with Crippen LogP contribution in [-0.2, 0) is 14.3 Å². The second-order valence-corrected chi connectivity index (χ2v) is 3.90. The highest BCUT2D eigenvalue weighted by atomic mass is 16.7. The Balaban J connectivity index is 2.56. The number of hydrogen-bond acceptors (Lipinski definition) is 4. The fourth-order valence-electron chi connectivity index (χ4n) is 1.70. The van der Waals surface area contributed by atoms with E-state index in [4.69, 9.17) is 4.74 Å². The van der Waals surface area contributed by atoms with Gasteiger partial charge in [0.05, 0.1) is 13.0 Å². The van der Waals surface area contributed by atoms with Crippen molar-refractivity contribution in [2.24, 2.45) is 11.3 Å². The molecule has 2 atom stereocenters. The van der Waals surface area contributed by atoms with Gasteiger partial charge in [-0.05, 0) is 6.92 Å². The Bertz CT molecular complexity index is 244. The smallest absolute Gasteiger partial charge is 0.438 e. The van der Waals surface area contributed by atoms with Crippen molar-refractivity contribution in [1.82, 2.24) is 0 Å². The predicted molar refractivity (Wildman–Crippen MR) is 45.2 cm³/mol. The summed E-state index contributed by atoms with van der Waals surface area (Å²) in [4.78, 5) is 21.8. The van der Waals surface area contributed by atoms with Crippen LogP contribution >= 0.6 is 0 Å². The fraction of sp³-hybridized carbons (Fsp3) is 0.778. The summed E-state index contributed by atoms with van der Waals surface area (Å²) >= 11 is 0. The van der Waals surface area contributed by atoms with Crippen molar-refractivity contribution in [3.63, 3.8) is 0 Å².